The Kier molecular flexibility index (Phi) is 5.15. The summed E-state index contributed by atoms with van der Waals surface area (Å²) in [6, 6.07) is 3.43. The number of nitrogens with zero attached hydrogens (tertiary/aromatic N) is 1. The van der Waals surface area contributed by atoms with Crippen LogP contribution in [0.5, 0.6) is 0 Å². The van der Waals surface area contributed by atoms with Crippen LogP contribution < -0.4 is 10.0 Å². The summed E-state index contributed by atoms with van der Waals surface area (Å²) < 4.78 is 32.1. The van der Waals surface area contributed by atoms with Crippen molar-refractivity contribution in [2.45, 2.75) is 38.8 Å². The summed E-state index contributed by atoms with van der Waals surface area (Å²) >= 11 is 1.49. The maximum atomic E-state index is 12.3. The van der Waals surface area contributed by atoms with Gasteiger partial charge in [-0.3, -0.25) is 0 Å². The first-order valence-electron chi connectivity index (χ1n) is 6.64. The monoisotopic (exact) mass is 329 g/mol. The van der Waals surface area contributed by atoms with Crippen LogP contribution in [0.4, 0.5) is 0 Å². The molecule has 0 aliphatic carbocycles. The van der Waals surface area contributed by atoms with Gasteiger partial charge in [0, 0.05) is 22.4 Å². The van der Waals surface area contributed by atoms with Gasteiger partial charge in [-0.1, -0.05) is 12.1 Å². The molecule has 0 atom stereocenters. The lowest BCUT2D eigenvalue weighted by Gasteiger charge is -2.03. The summed E-state index contributed by atoms with van der Waals surface area (Å²) in [5.74, 6) is 0.656. The summed E-state index contributed by atoms with van der Waals surface area (Å²) in [5.41, 5.74) is 0.567. The van der Waals surface area contributed by atoms with Crippen molar-refractivity contribution in [2.75, 3.05) is 6.54 Å². The molecule has 21 heavy (non-hydrogen) atoms. The fourth-order valence-corrected chi connectivity index (χ4v) is 4.48. The quantitative estimate of drug-likeness (QED) is 0.811. The maximum absolute atomic E-state index is 12.3. The number of hydrogen-bond acceptors (Lipinski definition) is 6. The first kappa shape index (κ1) is 16.2. The molecule has 2 heterocycles. The molecule has 116 valence electrons. The largest absolute Gasteiger partial charge is 0.361 e. The van der Waals surface area contributed by atoms with Crippen LogP contribution in [-0.2, 0) is 23.1 Å². The van der Waals surface area contributed by atoms with Crippen LogP contribution in [0.3, 0.4) is 0 Å². The molecular formula is C13H19N3O3S2. The molecule has 0 aliphatic heterocycles. The van der Waals surface area contributed by atoms with E-state index in [1.54, 1.807) is 19.1 Å². The van der Waals surface area contributed by atoms with E-state index in [9.17, 15) is 8.42 Å². The molecule has 6 nitrogen and oxygen atoms in total. The van der Waals surface area contributed by atoms with E-state index in [2.05, 4.69) is 15.2 Å². The highest BCUT2D eigenvalue weighted by molar-refractivity contribution is 7.89. The fraction of sp³-hybridized carbons (Fsp3) is 0.462. The van der Waals surface area contributed by atoms with E-state index in [0.29, 0.717) is 22.9 Å². The van der Waals surface area contributed by atoms with Gasteiger partial charge in [-0.15, -0.1) is 11.3 Å². The fourth-order valence-electron chi connectivity index (χ4n) is 1.87. The second-order valence-electron chi connectivity index (χ2n) is 4.67. The third kappa shape index (κ3) is 4.13. The number of rotatable bonds is 7. The standard InChI is InChI=1S/C13H19N3O3S2/c1-4-14-8-12-6-13(10(3)20-12)21(17,18)15-7-11-5-9(2)19-16-11/h5-6,14-15H,4,7-8H2,1-3H3. The van der Waals surface area contributed by atoms with E-state index in [0.717, 1.165) is 16.3 Å². The van der Waals surface area contributed by atoms with Crippen LogP contribution >= 0.6 is 11.3 Å². The van der Waals surface area contributed by atoms with Crippen molar-refractivity contribution in [1.82, 2.24) is 15.2 Å². The molecule has 2 N–H and O–H groups in total. The molecule has 2 aromatic heterocycles. The molecule has 2 aromatic rings. The number of aryl methyl sites for hydroxylation is 2. The summed E-state index contributed by atoms with van der Waals surface area (Å²) in [6.07, 6.45) is 0. The lowest BCUT2D eigenvalue weighted by molar-refractivity contribution is 0.390. The van der Waals surface area contributed by atoms with Gasteiger partial charge in [-0.05, 0) is 26.5 Å². The summed E-state index contributed by atoms with van der Waals surface area (Å²) in [5, 5.41) is 6.96. The van der Waals surface area contributed by atoms with Crippen molar-refractivity contribution >= 4 is 21.4 Å². The first-order valence-corrected chi connectivity index (χ1v) is 8.94. The second kappa shape index (κ2) is 6.69. The third-order valence-corrected chi connectivity index (χ3v) is 5.59. The Hall–Kier alpha value is -1.22. The van der Waals surface area contributed by atoms with E-state index in [4.69, 9.17) is 4.52 Å². The van der Waals surface area contributed by atoms with E-state index in [-0.39, 0.29) is 6.54 Å². The normalized spacial score (nSPS) is 12.0. The minimum atomic E-state index is -3.53. The van der Waals surface area contributed by atoms with Crippen LogP contribution in [0.25, 0.3) is 0 Å². The van der Waals surface area contributed by atoms with Gasteiger partial charge < -0.3 is 9.84 Å². The zero-order chi connectivity index (χ0) is 15.5. The number of nitrogens with one attached hydrogen (secondary N) is 2. The Balaban J connectivity index is 2.09. The minimum absolute atomic E-state index is 0.123. The highest BCUT2D eigenvalue weighted by atomic mass is 32.2. The Morgan fingerprint density at radius 3 is 2.67 bits per heavy atom. The van der Waals surface area contributed by atoms with Crippen molar-refractivity contribution < 1.29 is 12.9 Å². The van der Waals surface area contributed by atoms with E-state index < -0.39 is 10.0 Å². The molecule has 0 saturated carbocycles. The van der Waals surface area contributed by atoms with Gasteiger partial charge in [0.05, 0.1) is 17.1 Å². The molecule has 0 fully saturated rings. The number of thiophene rings is 1. The number of aromatic nitrogens is 1. The topological polar surface area (TPSA) is 84.2 Å². The third-order valence-electron chi connectivity index (χ3n) is 2.88. The van der Waals surface area contributed by atoms with Crippen molar-refractivity contribution in [3.05, 3.63) is 33.3 Å². The van der Waals surface area contributed by atoms with Gasteiger partial charge >= 0.3 is 0 Å². The van der Waals surface area contributed by atoms with Crippen LogP contribution in [0.2, 0.25) is 0 Å². The highest BCUT2D eigenvalue weighted by Crippen LogP contribution is 2.25. The molecule has 8 heteroatoms. The van der Waals surface area contributed by atoms with Gasteiger partial charge in [0.1, 0.15) is 5.76 Å². The predicted molar refractivity (Wildman–Crippen MR) is 81.7 cm³/mol. The smallest absolute Gasteiger partial charge is 0.242 e. The second-order valence-corrected chi connectivity index (χ2v) is 7.74. The number of sulfonamides is 1. The zero-order valence-electron chi connectivity index (χ0n) is 12.3. The Morgan fingerprint density at radius 1 is 1.29 bits per heavy atom. The molecule has 0 radical (unpaired) electrons. The molecule has 0 saturated heterocycles. The average molecular weight is 329 g/mol. The van der Waals surface area contributed by atoms with Crippen molar-refractivity contribution in [1.29, 1.82) is 0 Å². The maximum Gasteiger partial charge on any atom is 0.242 e. The molecular weight excluding hydrogens is 310 g/mol. The van der Waals surface area contributed by atoms with E-state index in [1.165, 1.54) is 11.3 Å². The highest BCUT2D eigenvalue weighted by Gasteiger charge is 2.20. The Morgan fingerprint density at radius 2 is 2.05 bits per heavy atom. The van der Waals surface area contributed by atoms with Gasteiger partial charge in [0.15, 0.2) is 0 Å². The molecule has 0 unspecified atom stereocenters. The molecule has 0 spiro atoms. The first-order chi connectivity index (χ1) is 9.92. The zero-order valence-corrected chi connectivity index (χ0v) is 13.9. The summed E-state index contributed by atoms with van der Waals surface area (Å²) in [6.45, 7) is 7.25. The molecule has 0 amide bonds. The van der Waals surface area contributed by atoms with Gasteiger partial charge in [-0.2, -0.15) is 0 Å². The Bertz CT molecular complexity index is 704. The molecule has 0 aliphatic rings. The lowest BCUT2D eigenvalue weighted by atomic mass is 10.4. The van der Waals surface area contributed by atoms with Crippen molar-refractivity contribution in [3.63, 3.8) is 0 Å². The van der Waals surface area contributed by atoms with E-state index in [1.807, 2.05) is 13.8 Å². The number of hydrogen-bond donors (Lipinski definition) is 2. The van der Waals surface area contributed by atoms with Crippen LogP contribution in [0.15, 0.2) is 21.6 Å². The average Bonchev–Trinajstić information content (AvgIpc) is 3.00. The molecule has 2 rings (SSSR count). The summed E-state index contributed by atoms with van der Waals surface area (Å²) in [7, 11) is -3.53. The van der Waals surface area contributed by atoms with E-state index >= 15 is 0 Å². The lowest BCUT2D eigenvalue weighted by Crippen LogP contribution is -2.23. The molecule has 0 aromatic carbocycles. The van der Waals surface area contributed by atoms with Gasteiger partial charge in [0.2, 0.25) is 10.0 Å². The minimum Gasteiger partial charge on any atom is -0.361 e. The van der Waals surface area contributed by atoms with Crippen molar-refractivity contribution in [3.8, 4) is 0 Å². The van der Waals surface area contributed by atoms with Gasteiger partial charge in [0.25, 0.3) is 0 Å². The predicted octanol–water partition coefficient (Wildman–Crippen LogP) is 1.94. The van der Waals surface area contributed by atoms with Crippen LogP contribution in [0, 0.1) is 13.8 Å². The van der Waals surface area contributed by atoms with Gasteiger partial charge in [-0.25, -0.2) is 13.1 Å². The Labute approximate surface area is 128 Å². The van der Waals surface area contributed by atoms with Crippen LogP contribution in [-0.4, -0.2) is 20.1 Å². The summed E-state index contributed by atoms with van der Waals surface area (Å²) in [4.78, 5) is 2.12. The van der Waals surface area contributed by atoms with Crippen LogP contribution in [0.1, 0.15) is 28.1 Å². The van der Waals surface area contributed by atoms with Crippen molar-refractivity contribution in [2.24, 2.45) is 0 Å². The molecule has 0 bridgehead atoms. The SMILES string of the molecule is CCNCc1cc(S(=O)(=O)NCc2cc(C)on2)c(C)s1.